The highest BCUT2D eigenvalue weighted by Gasteiger charge is 2.17. The summed E-state index contributed by atoms with van der Waals surface area (Å²) in [6.07, 6.45) is 0.515. The molecule has 1 saturated heterocycles. The molecular formula is C19H26N4O2. The number of nitrogens with zero attached hydrogens (tertiary/aromatic N) is 3. The Hall–Kier alpha value is -2.34. The molecule has 1 N–H and O–H groups in total. The van der Waals surface area contributed by atoms with Gasteiger partial charge in [0.2, 0.25) is 5.91 Å². The van der Waals surface area contributed by atoms with Gasteiger partial charge in [-0.25, -0.2) is 0 Å². The van der Waals surface area contributed by atoms with E-state index in [1.807, 2.05) is 13.0 Å². The molecule has 1 aromatic heterocycles. The number of carbonyl (C=O) groups is 1. The lowest BCUT2D eigenvalue weighted by molar-refractivity contribution is -0.121. The second kappa shape index (κ2) is 8.16. The van der Waals surface area contributed by atoms with E-state index in [9.17, 15) is 4.79 Å². The predicted octanol–water partition coefficient (Wildman–Crippen LogP) is 2.12. The summed E-state index contributed by atoms with van der Waals surface area (Å²) in [6, 6.07) is 10.5. The molecule has 1 amide bonds. The summed E-state index contributed by atoms with van der Waals surface area (Å²) >= 11 is 0. The summed E-state index contributed by atoms with van der Waals surface area (Å²) < 4.78 is 4.99. The Labute approximate surface area is 148 Å². The molecule has 1 fully saturated rings. The largest absolute Gasteiger partial charge is 0.369 e. The lowest BCUT2D eigenvalue weighted by Crippen LogP contribution is -2.47. The van der Waals surface area contributed by atoms with E-state index in [-0.39, 0.29) is 5.91 Å². The fourth-order valence-electron chi connectivity index (χ4n) is 3.09. The molecule has 1 aromatic carbocycles. The van der Waals surface area contributed by atoms with Crippen LogP contribution in [0, 0.1) is 13.8 Å². The molecule has 134 valence electrons. The average Bonchev–Trinajstić information content (AvgIpc) is 3.04. The minimum absolute atomic E-state index is 0.0572. The van der Waals surface area contributed by atoms with E-state index < -0.39 is 0 Å². The van der Waals surface area contributed by atoms with Crippen LogP contribution in [0.15, 0.2) is 34.9 Å². The van der Waals surface area contributed by atoms with Crippen molar-refractivity contribution in [3.8, 4) is 0 Å². The smallest absolute Gasteiger partial charge is 0.221 e. The number of benzene rings is 1. The zero-order valence-electron chi connectivity index (χ0n) is 15.0. The van der Waals surface area contributed by atoms with Gasteiger partial charge in [-0.2, -0.15) is 0 Å². The Bertz CT molecular complexity index is 705. The maximum Gasteiger partial charge on any atom is 0.221 e. The second-order valence-corrected chi connectivity index (χ2v) is 6.62. The van der Waals surface area contributed by atoms with Crippen molar-refractivity contribution in [3.63, 3.8) is 0 Å². The van der Waals surface area contributed by atoms with E-state index in [0.717, 1.165) is 44.2 Å². The van der Waals surface area contributed by atoms with E-state index in [4.69, 9.17) is 4.52 Å². The maximum absolute atomic E-state index is 12.0. The van der Waals surface area contributed by atoms with E-state index in [2.05, 4.69) is 51.5 Å². The number of hydrogen-bond donors (Lipinski definition) is 1. The van der Waals surface area contributed by atoms with E-state index in [1.54, 1.807) is 0 Å². The summed E-state index contributed by atoms with van der Waals surface area (Å²) in [5.41, 5.74) is 3.34. The number of rotatable bonds is 6. The summed E-state index contributed by atoms with van der Waals surface area (Å²) in [5.74, 6) is 0.817. The summed E-state index contributed by atoms with van der Waals surface area (Å²) in [5, 5.41) is 6.77. The number of amides is 1. The van der Waals surface area contributed by atoms with Crippen LogP contribution in [0.5, 0.6) is 0 Å². The zero-order chi connectivity index (χ0) is 17.6. The lowest BCUT2D eigenvalue weighted by atomic mass is 10.2. The van der Waals surface area contributed by atoms with Gasteiger partial charge in [0.05, 0.1) is 6.54 Å². The molecule has 0 unspecified atom stereocenters. The highest BCUT2D eigenvalue weighted by Crippen LogP contribution is 2.17. The van der Waals surface area contributed by atoms with Crippen LogP contribution in [0.4, 0.5) is 5.69 Å². The van der Waals surface area contributed by atoms with Gasteiger partial charge in [-0.1, -0.05) is 17.3 Å². The molecule has 2 heterocycles. The Morgan fingerprint density at radius 3 is 2.68 bits per heavy atom. The van der Waals surface area contributed by atoms with Crippen molar-refractivity contribution >= 4 is 11.6 Å². The van der Waals surface area contributed by atoms with Gasteiger partial charge in [0.25, 0.3) is 0 Å². The first-order valence-corrected chi connectivity index (χ1v) is 8.83. The average molecular weight is 342 g/mol. The molecule has 0 radical (unpaired) electrons. The van der Waals surface area contributed by atoms with Crippen LogP contribution >= 0.6 is 0 Å². The van der Waals surface area contributed by atoms with Crippen molar-refractivity contribution in [2.45, 2.75) is 26.8 Å². The van der Waals surface area contributed by atoms with Gasteiger partial charge in [0, 0.05) is 50.9 Å². The Balaban J connectivity index is 1.36. The van der Waals surface area contributed by atoms with Gasteiger partial charge >= 0.3 is 0 Å². The molecule has 0 atom stereocenters. The van der Waals surface area contributed by atoms with Crippen molar-refractivity contribution < 1.29 is 9.32 Å². The maximum atomic E-state index is 12.0. The molecule has 6 nitrogen and oxygen atoms in total. The predicted molar refractivity (Wildman–Crippen MR) is 97.5 cm³/mol. The first-order chi connectivity index (χ1) is 12.1. The Kier molecular flexibility index (Phi) is 5.71. The SMILES string of the molecule is Cc1cccc(N2CCN(CCC(=O)NCc3cc(C)on3)CC2)c1. The van der Waals surface area contributed by atoms with Crippen LogP contribution in [-0.4, -0.2) is 48.7 Å². The van der Waals surface area contributed by atoms with Gasteiger partial charge in [-0.15, -0.1) is 0 Å². The molecule has 0 bridgehead atoms. The van der Waals surface area contributed by atoms with Crippen molar-refractivity contribution in [2.24, 2.45) is 0 Å². The third-order valence-corrected chi connectivity index (χ3v) is 4.54. The van der Waals surface area contributed by atoms with Gasteiger partial charge < -0.3 is 14.7 Å². The molecular weight excluding hydrogens is 316 g/mol. The summed E-state index contributed by atoms with van der Waals surface area (Å²) in [7, 11) is 0. The van der Waals surface area contributed by atoms with E-state index in [1.165, 1.54) is 11.3 Å². The van der Waals surface area contributed by atoms with Crippen LogP contribution in [0.3, 0.4) is 0 Å². The van der Waals surface area contributed by atoms with Crippen molar-refractivity contribution in [3.05, 3.63) is 47.3 Å². The standard InChI is InChI=1S/C19H26N4O2/c1-15-4-3-5-18(12-15)23-10-8-22(9-11-23)7-6-19(24)20-14-17-13-16(2)25-21-17/h3-5,12-13H,6-11,14H2,1-2H3,(H,20,24). The van der Waals surface area contributed by atoms with Gasteiger partial charge in [-0.05, 0) is 31.5 Å². The highest BCUT2D eigenvalue weighted by atomic mass is 16.5. The lowest BCUT2D eigenvalue weighted by Gasteiger charge is -2.36. The minimum atomic E-state index is 0.0572. The molecule has 3 rings (SSSR count). The topological polar surface area (TPSA) is 61.6 Å². The molecule has 0 spiro atoms. The molecule has 0 aliphatic carbocycles. The van der Waals surface area contributed by atoms with Crippen LogP contribution < -0.4 is 10.2 Å². The third-order valence-electron chi connectivity index (χ3n) is 4.54. The Morgan fingerprint density at radius 1 is 1.20 bits per heavy atom. The first kappa shape index (κ1) is 17.5. The summed E-state index contributed by atoms with van der Waals surface area (Å²) in [4.78, 5) is 16.7. The second-order valence-electron chi connectivity index (χ2n) is 6.62. The van der Waals surface area contributed by atoms with Crippen LogP contribution in [-0.2, 0) is 11.3 Å². The number of piperazine rings is 1. The minimum Gasteiger partial charge on any atom is -0.369 e. The Morgan fingerprint density at radius 2 is 2.00 bits per heavy atom. The fraction of sp³-hybridized carbons (Fsp3) is 0.474. The monoisotopic (exact) mass is 342 g/mol. The summed E-state index contributed by atoms with van der Waals surface area (Å²) in [6.45, 7) is 9.18. The van der Waals surface area contributed by atoms with Gasteiger partial charge in [0.15, 0.2) is 0 Å². The van der Waals surface area contributed by atoms with Crippen molar-refractivity contribution in [2.75, 3.05) is 37.6 Å². The number of anilines is 1. The van der Waals surface area contributed by atoms with Gasteiger partial charge in [0.1, 0.15) is 11.5 Å². The van der Waals surface area contributed by atoms with Crippen LogP contribution in [0.25, 0.3) is 0 Å². The number of aromatic nitrogens is 1. The third kappa shape index (κ3) is 5.06. The van der Waals surface area contributed by atoms with Gasteiger partial charge in [-0.3, -0.25) is 9.69 Å². The number of aryl methyl sites for hydroxylation is 2. The van der Waals surface area contributed by atoms with Crippen molar-refractivity contribution in [1.82, 2.24) is 15.4 Å². The molecule has 0 saturated carbocycles. The molecule has 25 heavy (non-hydrogen) atoms. The van der Waals surface area contributed by atoms with Crippen LogP contribution in [0.1, 0.15) is 23.4 Å². The van der Waals surface area contributed by atoms with E-state index >= 15 is 0 Å². The highest BCUT2D eigenvalue weighted by molar-refractivity contribution is 5.76. The molecule has 1 aliphatic heterocycles. The number of carbonyl (C=O) groups excluding carboxylic acids is 1. The fourth-order valence-corrected chi connectivity index (χ4v) is 3.09. The van der Waals surface area contributed by atoms with E-state index in [0.29, 0.717) is 13.0 Å². The molecule has 1 aliphatic rings. The quantitative estimate of drug-likeness (QED) is 0.871. The molecule has 6 heteroatoms. The van der Waals surface area contributed by atoms with Crippen LogP contribution in [0.2, 0.25) is 0 Å². The van der Waals surface area contributed by atoms with Crippen molar-refractivity contribution in [1.29, 1.82) is 0 Å². The first-order valence-electron chi connectivity index (χ1n) is 8.83. The molecule has 2 aromatic rings. The number of nitrogens with one attached hydrogen (secondary N) is 1. The zero-order valence-corrected chi connectivity index (χ0v) is 15.0. The normalized spacial score (nSPS) is 15.4. The number of hydrogen-bond acceptors (Lipinski definition) is 5.